The van der Waals surface area contributed by atoms with Crippen molar-refractivity contribution in [2.24, 2.45) is 12.2 Å². The lowest BCUT2D eigenvalue weighted by atomic mass is 10.0. The Hall–Kier alpha value is -2.35. The van der Waals surface area contributed by atoms with Gasteiger partial charge in [0.05, 0.1) is 19.2 Å². The summed E-state index contributed by atoms with van der Waals surface area (Å²) in [6.07, 6.45) is 0.518. The van der Waals surface area contributed by atoms with Crippen LogP contribution < -0.4 is 4.57 Å². The Morgan fingerprint density at radius 3 is 2.78 bits per heavy atom. The molecule has 0 spiro atoms. The summed E-state index contributed by atoms with van der Waals surface area (Å²) in [5.41, 5.74) is -0.431. The molecule has 8 heteroatoms. The third kappa shape index (κ3) is 4.32. The van der Waals surface area contributed by atoms with Crippen LogP contribution in [0.4, 0.5) is 13.2 Å². The van der Waals surface area contributed by atoms with Crippen LogP contribution in [-0.4, -0.2) is 22.6 Å². The summed E-state index contributed by atoms with van der Waals surface area (Å²) in [5, 5.41) is 11.6. The van der Waals surface area contributed by atoms with Crippen LogP contribution in [0, 0.1) is 0 Å². The van der Waals surface area contributed by atoms with Gasteiger partial charge in [-0.15, -0.1) is 0 Å². The highest BCUT2D eigenvalue weighted by molar-refractivity contribution is 5.72. The Labute approximate surface area is 131 Å². The molecule has 0 aliphatic carbocycles. The predicted octanol–water partition coefficient (Wildman–Crippen LogP) is 2.36. The molecule has 1 aromatic carbocycles. The highest BCUT2D eigenvalue weighted by atomic mass is 19.4. The van der Waals surface area contributed by atoms with Crippen molar-refractivity contribution in [3.8, 4) is 0 Å². The predicted molar refractivity (Wildman–Crippen MR) is 76.1 cm³/mol. The number of nitrogens with zero attached hydrogens (tertiary/aromatic N) is 3. The number of ether oxygens (including phenoxy) is 1. The van der Waals surface area contributed by atoms with E-state index in [2.05, 4.69) is 5.16 Å². The van der Waals surface area contributed by atoms with Crippen LogP contribution in [0.15, 0.2) is 41.8 Å². The van der Waals surface area contributed by atoms with E-state index < -0.39 is 11.7 Å². The van der Waals surface area contributed by atoms with E-state index in [0.29, 0.717) is 5.82 Å². The van der Waals surface area contributed by atoms with Crippen LogP contribution in [0.2, 0.25) is 0 Å². The van der Waals surface area contributed by atoms with Crippen LogP contribution in [-0.2, 0) is 31.1 Å². The lowest BCUT2D eigenvalue weighted by Crippen LogP contribution is -2.32. The van der Waals surface area contributed by atoms with Crippen molar-refractivity contribution < 1.29 is 27.7 Å². The zero-order chi connectivity index (χ0) is 16.9. The minimum absolute atomic E-state index is 0.144. The Kier molecular flexibility index (Phi) is 5.38. The van der Waals surface area contributed by atoms with Gasteiger partial charge in [0.2, 0.25) is 0 Å². The largest absolute Gasteiger partial charge is 0.416 e. The maximum atomic E-state index is 12.9. The monoisotopic (exact) mass is 328 g/mol. The zero-order valence-electron chi connectivity index (χ0n) is 12.5. The summed E-state index contributed by atoms with van der Waals surface area (Å²) >= 11 is 0. The molecule has 0 aliphatic rings. The first-order valence-corrected chi connectivity index (χ1v) is 6.88. The van der Waals surface area contributed by atoms with Crippen molar-refractivity contribution >= 4 is 6.21 Å². The lowest BCUT2D eigenvalue weighted by molar-refractivity contribution is -0.672. The Bertz CT molecular complexity index is 681. The summed E-state index contributed by atoms with van der Waals surface area (Å²) in [6, 6.07) is 5.46. The molecule has 0 saturated carbocycles. The Balaban J connectivity index is 1.94. The molecule has 0 saturated heterocycles. The highest BCUT2D eigenvalue weighted by Gasteiger charge is 2.32. The third-order valence-electron chi connectivity index (χ3n) is 3.37. The van der Waals surface area contributed by atoms with E-state index in [0.717, 1.165) is 6.07 Å². The molecule has 0 radical (unpaired) electrons. The average Bonchev–Trinajstić information content (AvgIpc) is 2.84. The number of aryl methyl sites for hydroxylation is 1. The van der Waals surface area contributed by atoms with Crippen molar-refractivity contribution in [1.82, 2.24) is 4.57 Å². The fourth-order valence-electron chi connectivity index (χ4n) is 2.22. The molecule has 0 amide bonds. The molecule has 0 bridgehead atoms. The highest BCUT2D eigenvalue weighted by Crippen LogP contribution is 2.31. The molecule has 0 aliphatic heterocycles. The average molecular weight is 328 g/mol. The number of alkyl halides is 3. The minimum atomic E-state index is -4.37. The van der Waals surface area contributed by atoms with Crippen molar-refractivity contribution in [2.45, 2.75) is 19.3 Å². The van der Waals surface area contributed by atoms with Gasteiger partial charge in [0, 0.05) is 0 Å². The molecule has 5 nitrogen and oxygen atoms in total. The number of benzene rings is 1. The van der Waals surface area contributed by atoms with Gasteiger partial charge in [-0.1, -0.05) is 23.4 Å². The summed E-state index contributed by atoms with van der Waals surface area (Å²) in [5.74, 6) is 0.600. The van der Waals surface area contributed by atoms with Gasteiger partial charge < -0.3 is 9.94 Å². The number of imidazole rings is 1. The van der Waals surface area contributed by atoms with Gasteiger partial charge >= 0.3 is 12.0 Å². The molecule has 0 fully saturated rings. The van der Waals surface area contributed by atoms with E-state index >= 15 is 0 Å². The molecule has 2 aromatic rings. The van der Waals surface area contributed by atoms with E-state index in [9.17, 15) is 13.2 Å². The second kappa shape index (κ2) is 7.28. The van der Waals surface area contributed by atoms with Gasteiger partial charge in [0.15, 0.2) is 12.9 Å². The van der Waals surface area contributed by atoms with Gasteiger partial charge in [0.1, 0.15) is 12.4 Å². The number of hydrogen-bond donors (Lipinski definition) is 1. The van der Waals surface area contributed by atoms with Crippen LogP contribution in [0.25, 0.3) is 0 Å². The number of aromatic nitrogens is 2. The molecular weight excluding hydrogens is 311 g/mol. The van der Waals surface area contributed by atoms with Gasteiger partial charge in [-0.25, -0.2) is 9.13 Å². The molecule has 23 heavy (non-hydrogen) atoms. The minimum Gasteiger partial charge on any atom is -0.411 e. The standard InChI is InChI=1S/C15H16F3N3O2/c1-20-7-8-21(14(20)10-19-22)11-23-9-6-12-4-2-3-5-13(12)15(16,17)18/h2-5,7-8,10H,6,9,11H2,1H3/p+1. The van der Waals surface area contributed by atoms with Gasteiger partial charge in [-0.2, -0.15) is 13.2 Å². The molecule has 1 N–H and O–H groups in total. The van der Waals surface area contributed by atoms with E-state index in [-0.39, 0.29) is 25.3 Å². The van der Waals surface area contributed by atoms with Crippen LogP contribution in [0.3, 0.4) is 0 Å². The maximum Gasteiger partial charge on any atom is 0.416 e. The fraction of sp³-hybridized carbons (Fsp3) is 0.333. The zero-order valence-corrected chi connectivity index (χ0v) is 12.5. The van der Waals surface area contributed by atoms with Crippen LogP contribution in [0.5, 0.6) is 0 Å². The quantitative estimate of drug-likeness (QED) is 0.291. The Morgan fingerprint density at radius 2 is 2.09 bits per heavy atom. The SMILES string of the molecule is C[n+]1ccn(COCCc2ccccc2C(F)(F)F)c1/C=N\O. The molecule has 0 atom stereocenters. The van der Waals surface area contributed by atoms with Crippen molar-refractivity contribution in [1.29, 1.82) is 0 Å². The normalized spacial score (nSPS) is 12.2. The molecular formula is C15H17F3N3O2+. The summed E-state index contributed by atoms with van der Waals surface area (Å²) < 4.78 is 47.5. The fourth-order valence-corrected chi connectivity index (χ4v) is 2.22. The smallest absolute Gasteiger partial charge is 0.411 e. The van der Waals surface area contributed by atoms with E-state index in [1.807, 2.05) is 0 Å². The van der Waals surface area contributed by atoms with E-state index in [1.54, 1.807) is 34.6 Å². The number of oxime groups is 1. The second-order valence-electron chi connectivity index (χ2n) is 4.92. The summed E-state index contributed by atoms with van der Waals surface area (Å²) in [7, 11) is 1.77. The third-order valence-corrected chi connectivity index (χ3v) is 3.37. The van der Waals surface area contributed by atoms with Gasteiger partial charge in [0.25, 0.3) is 0 Å². The number of rotatable bonds is 6. The number of halogens is 3. The first-order chi connectivity index (χ1) is 10.9. The molecule has 0 unspecified atom stereocenters. The van der Waals surface area contributed by atoms with Crippen LogP contribution >= 0.6 is 0 Å². The lowest BCUT2D eigenvalue weighted by Gasteiger charge is -2.12. The summed E-state index contributed by atoms with van der Waals surface area (Å²) in [6.45, 7) is 0.293. The topological polar surface area (TPSA) is 50.6 Å². The molecule has 2 rings (SSSR count). The van der Waals surface area contributed by atoms with E-state index in [1.165, 1.54) is 18.3 Å². The first kappa shape index (κ1) is 17.0. The van der Waals surface area contributed by atoms with Crippen LogP contribution in [0.1, 0.15) is 17.0 Å². The van der Waals surface area contributed by atoms with Gasteiger partial charge in [-0.3, -0.25) is 0 Å². The van der Waals surface area contributed by atoms with Crippen molar-refractivity contribution in [2.75, 3.05) is 6.61 Å². The Morgan fingerprint density at radius 1 is 1.35 bits per heavy atom. The second-order valence-corrected chi connectivity index (χ2v) is 4.92. The van der Waals surface area contributed by atoms with E-state index in [4.69, 9.17) is 9.94 Å². The van der Waals surface area contributed by atoms with Crippen molar-refractivity contribution in [3.63, 3.8) is 0 Å². The molecule has 1 heterocycles. The number of hydrogen-bond acceptors (Lipinski definition) is 3. The van der Waals surface area contributed by atoms with Gasteiger partial charge in [-0.05, 0) is 18.1 Å². The first-order valence-electron chi connectivity index (χ1n) is 6.88. The molecule has 124 valence electrons. The maximum absolute atomic E-state index is 12.9. The molecule has 1 aromatic heterocycles. The summed E-state index contributed by atoms with van der Waals surface area (Å²) in [4.78, 5) is 0. The van der Waals surface area contributed by atoms with Crippen molar-refractivity contribution in [3.05, 3.63) is 53.6 Å².